The van der Waals surface area contributed by atoms with Crippen LogP contribution in [0.1, 0.15) is 5.56 Å². The van der Waals surface area contributed by atoms with E-state index < -0.39 is 0 Å². The molecule has 1 aliphatic rings. The largest absolute Gasteiger partial charge is 0.504 e. The molecule has 2 aromatic carbocycles. The molecule has 4 rings (SSSR count). The molecule has 1 aromatic heterocycles. The summed E-state index contributed by atoms with van der Waals surface area (Å²) in [6, 6.07) is 11.6. The van der Waals surface area contributed by atoms with E-state index in [2.05, 4.69) is 20.6 Å². The van der Waals surface area contributed by atoms with Gasteiger partial charge in [-0.15, -0.1) is 0 Å². The zero-order valence-corrected chi connectivity index (χ0v) is 12.6. The Morgan fingerprint density at radius 2 is 2.13 bits per heavy atom. The van der Waals surface area contributed by atoms with Gasteiger partial charge in [-0.2, -0.15) is 0 Å². The lowest BCUT2D eigenvalue weighted by Gasteiger charge is -2.21. The molecule has 0 amide bonds. The molecular weight excluding hydrogens is 292 g/mol. The first-order valence-corrected chi connectivity index (χ1v) is 7.28. The number of hydrogen-bond acceptors (Lipinski definition) is 5. The van der Waals surface area contributed by atoms with E-state index in [0.717, 1.165) is 33.7 Å². The van der Waals surface area contributed by atoms with E-state index in [-0.39, 0.29) is 5.75 Å². The van der Waals surface area contributed by atoms with Crippen molar-refractivity contribution in [3.63, 3.8) is 0 Å². The summed E-state index contributed by atoms with van der Waals surface area (Å²) in [5.41, 5.74) is 3.69. The van der Waals surface area contributed by atoms with E-state index in [1.807, 2.05) is 30.5 Å². The third kappa shape index (κ3) is 2.34. The Labute approximate surface area is 132 Å². The van der Waals surface area contributed by atoms with Gasteiger partial charge in [-0.25, -0.2) is 4.99 Å². The first-order valence-electron chi connectivity index (χ1n) is 7.28. The second-order valence-electron chi connectivity index (χ2n) is 5.32. The summed E-state index contributed by atoms with van der Waals surface area (Å²) in [6.07, 6.45) is 1.92. The minimum atomic E-state index is 0.104. The number of methoxy groups -OCH3 is 1. The third-order valence-electron chi connectivity index (χ3n) is 3.90. The highest BCUT2D eigenvalue weighted by Crippen LogP contribution is 2.34. The third-order valence-corrected chi connectivity index (χ3v) is 3.90. The van der Waals surface area contributed by atoms with Crippen LogP contribution < -0.4 is 15.4 Å². The fraction of sp³-hybridized carbons (Fsp3) is 0.118. The fourth-order valence-electron chi connectivity index (χ4n) is 2.73. The van der Waals surface area contributed by atoms with Crippen LogP contribution in [-0.2, 0) is 0 Å². The molecule has 4 N–H and O–H groups in total. The maximum absolute atomic E-state index is 9.91. The van der Waals surface area contributed by atoms with Crippen molar-refractivity contribution in [1.82, 2.24) is 4.98 Å². The number of amidine groups is 1. The number of aromatic amines is 1. The van der Waals surface area contributed by atoms with Crippen molar-refractivity contribution in [2.24, 2.45) is 4.99 Å². The van der Waals surface area contributed by atoms with Gasteiger partial charge in [0.05, 0.1) is 12.8 Å². The van der Waals surface area contributed by atoms with E-state index in [1.165, 1.54) is 7.11 Å². The van der Waals surface area contributed by atoms with E-state index in [0.29, 0.717) is 12.4 Å². The number of fused-ring (bicyclic) bond motifs is 2. The molecule has 0 bridgehead atoms. The highest BCUT2D eigenvalue weighted by Gasteiger charge is 2.18. The Bertz CT molecular complexity index is 914. The van der Waals surface area contributed by atoms with Crippen LogP contribution in [0.4, 0.5) is 11.4 Å². The number of nitrogens with one attached hydrogen (secondary N) is 3. The maximum Gasteiger partial charge on any atom is 0.161 e. The van der Waals surface area contributed by atoms with E-state index in [4.69, 9.17) is 4.74 Å². The first-order chi connectivity index (χ1) is 11.2. The number of ether oxygens (including phenoxy) is 1. The molecule has 23 heavy (non-hydrogen) atoms. The zero-order valence-electron chi connectivity index (χ0n) is 12.6. The summed E-state index contributed by atoms with van der Waals surface area (Å²) in [5.74, 6) is 1.26. The summed E-state index contributed by atoms with van der Waals surface area (Å²) in [5, 5.41) is 17.6. The molecule has 2 heterocycles. The van der Waals surface area contributed by atoms with Gasteiger partial charge < -0.3 is 25.5 Å². The molecule has 0 saturated heterocycles. The predicted octanol–water partition coefficient (Wildman–Crippen LogP) is 3.12. The number of aliphatic imine (C=N–C) groups is 1. The Balaban J connectivity index is 1.71. The lowest BCUT2D eigenvalue weighted by atomic mass is 10.1. The lowest BCUT2D eigenvalue weighted by Crippen LogP contribution is -2.22. The highest BCUT2D eigenvalue weighted by atomic mass is 16.5. The molecule has 1 aliphatic heterocycles. The summed E-state index contributed by atoms with van der Waals surface area (Å²) in [4.78, 5) is 7.68. The van der Waals surface area contributed by atoms with Crippen LogP contribution in [0.2, 0.25) is 0 Å². The predicted molar refractivity (Wildman–Crippen MR) is 91.6 cm³/mol. The van der Waals surface area contributed by atoms with Gasteiger partial charge in [0, 0.05) is 29.0 Å². The van der Waals surface area contributed by atoms with Crippen molar-refractivity contribution in [2.75, 3.05) is 24.4 Å². The number of rotatable bonds is 2. The molecule has 6 heteroatoms. The zero-order chi connectivity index (χ0) is 15.8. The van der Waals surface area contributed by atoms with E-state index in [1.54, 1.807) is 12.1 Å². The Hall–Kier alpha value is -3.15. The van der Waals surface area contributed by atoms with Crippen molar-refractivity contribution < 1.29 is 9.84 Å². The second-order valence-corrected chi connectivity index (χ2v) is 5.32. The molecule has 3 aromatic rings. The number of aromatic hydroxyl groups is 1. The molecular formula is C17H16N4O2. The smallest absolute Gasteiger partial charge is 0.161 e. The van der Waals surface area contributed by atoms with Crippen LogP contribution in [0.3, 0.4) is 0 Å². The minimum Gasteiger partial charge on any atom is -0.504 e. The van der Waals surface area contributed by atoms with Crippen LogP contribution in [0.5, 0.6) is 11.5 Å². The van der Waals surface area contributed by atoms with Gasteiger partial charge in [0.2, 0.25) is 0 Å². The molecule has 0 fully saturated rings. The van der Waals surface area contributed by atoms with Crippen LogP contribution in [0, 0.1) is 0 Å². The molecule has 116 valence electrons. The van der Waals surface area contributed by atoms with Crippen LogP contribution in [-0.4, -0.2) is 29.7 Å². The van der Waals surface area contributed by atoms with Crippen molar-refractivity contribution in [3.05, 3.63) is 48.2 Å². The molecule has 0 unspecified atom stereocenters. The van der Waals surface area contributed by atoms with Gasteiger partial charge in [0.15, 0.2) is 11.5 Å². The van der Waals surface area contributed by atoms with Gasteiger partial charge in [-0.1, -0.05) is 6.07 Å². The number of anilines is 2. The van der Waals surface area contributed by atoms with Crippen molar-refractivity contribution in [3.8, 4) is 11.5 Å². The number of phenols is 1. The molecule has 0 radical (unpaired) electrons. The van der Waals surface area contributed by atoms with Crippen LogP contribution >= 0.6 is 0 Å². The van der Waals surface area contributed by atoms with Gasteiger partial charge in [0.1, 0.15) is 12.5 Å². The topological polar surface area (TPSA) is 81.7 Å². The van der Waals surface area contributed by atoms with Gasteiger partial charge in [-0.05, 0) is 29.7 Å². The summed E-state index contributed by atoms with van der Waals surface area (Å²) in [6.45, 7) is 0.450. The second kappa shape index (κ2) is 5.24. The average molecular weight is 308 g/mol. The number of H-pyrrole nitrogens is 1. The van der Waals surface area contributed by atoms with Crippen molar-refractivity contribution >= 4 is 28.1 Å². The van der Waals surface area contributed by atoms with Gasteiger partial charge in [0.25, 0.3) is 0 Å². The molecule has 0 saturated carbocycles. The lowest BCUT2D eigenvalue weighted by molar-refractivity contribution is 0.373. The number of phenolic OH excluding ortho intramolecular Hbond substituents is 1. The quantitative estimate of drug-likeness (QED) is 0.586. The van der Waals surface area contributed by atoms with Crippen LogP contribution in [0.25, 0.3) is 10.9 Å². The molecule has 6 nitrogen and oxygen atoms in total. The van der Waals surface area contributed by atoms with Crippen molar-refractivity contribution in [2.45, 2.75) is 0 Å². The number of nitrogens with zero attached hydrogens (tertiary/aromatic N) is 1. The van der Waals surface area contributed by atoms with E-state index in [9.17, 15) is 5.11 Å². The number of benzene rings is 2. The SMILES string of the molecule is COc1cc2c(cc1O)NCN=C2Nc1ccc2cc[nH]c2c1. The molecule has 0 atom stereocenters. The van der Waals surface area contributed by atoms with Gasteiger partial charge in [-0.3, -0.25) is 0 Å². The minimum absolute atomic E-state index is 0.104. The summed E-state index contributed by atoms with van der Waals surface area (Å²) >= 11 is 0. The average Bonchev–Trinajstić information content (AvgIpc) is 3.02. The van der Waals surface area contributed by atoms with E-state index >= 15 is 0 Å². The number of hydrogen-bond donors (Lipinski definition) is 4. The van der Waals surface area contributed by atoms with Crippen molar-refractivity contribution in [1.29, 1.82) is 0 Å². The standard InChI is InChI=1S/C17H16N4O2/c1-23-16-7-12-14(8-15(16)22)19-9-20-17(12)21-11-3-2-10-4-5-18-13(10)6-11/h2-8,18-19,22H,9H2,1H3,(H,20,21). The Morgan fingerprint density at radius 3 is 3.00 bits per heavy atom. The summed E-state index contributed by atoms with van der Waals surface area (Å²) < 4.78 is 5.19. The first kappa shape index (κ1) is 13.5. The number of aromatic nitrogens is 1. The van der Waals surface area contributed by atoms with Gasteiger partial charge >= 0.3 is 0 Å². The Kier molecular flexibility index (Phi) is 3.08. The summed E-state index contributed by atoms with van der Waals surface area (Å²) in [7, 11) is 1.53. The highest BCUT2D eigenvalue weighted by molar-refractivity contribution is 6.13. The van der Waals surface area contributed by atoms with Crippen LogP contribution in [0.15, 0.2) is 47.6 Å². The monoisotopic (exact) mass is 308 g/mol. The molecule has 0 aliphatic carbocycles. The molecule has 0 spiro atoms. The fourth-order valence-corrected chi connectivity index (χ4v) is 2.73. The Morgan fingerprint density at radius 1 is 1.22 bits per heavy atom. The normalized spacial score (nSPS) is 13.2. The maximum atomic E-state index is 9.91.